The summed E-state index contributed by atoms with van der Waals surface area (Å²) in [4.78, 5) is 13.4. The van der Waals surface area contributed by atoms with Gasteiger partial charge in [0.2, 0.25) is 5.91 Å². The van der Waals surface area contributed by atoms with Crippen LogP contribution in [0.25, 0.3) is 0 Å². The number of amides is 1. The third-order valence-electron chi connectivity index (χ3n) is 21.5. The molecule has 0 aromatic rings. The second kappa shape index (κ2) is 72.5. The Morgan fingerprint density at radius 2 is 0.670 bits per heavy atom. The lowest BCUT2D eigenvalue weighted by molar-refractivity contribution is -0.359. The third-order valence-corrected chi connectivity index (χ3v) is 21.5. The number of aliphatic hydroxyl groups excluding tert-OH is 8. The Morgan fingerprint density at radius 1 is 0.359 bits per heavy atom. The number of rotatable bonds is 75. The second-order valence-electron chi connectivity index (χ2n) is 31.0. The molecule has 2 saturated heterocycles. The summed E-state index contributed by atoms with van der Waals surface area (Å²) in [7, 11) is 0. The maximum Gasteiger partial charge on any atom is 0.220 e. The van der Waals surface area contributed by atoms with Crippen molar-refractivity contribution in [1.29, 1.82) is 0 Å². The van der Waals surface area contributed by atoms with E-state index >= 15 is 0 Å². The molecular weight excluding hydrogens is 1290 g/mol. The van der Waals surface area contributed by atoms with Crippen molar-refractivity contribution < 1.29 is 64.6 Å². The molecule has 1 amide bonds. The number of carbonyl (C=O) groups excluding carboxylic acids is 1. The Labute approximate surface area is 632 Å². The molecule has 0 aromatic heterocycles. The number of carbonyl (C=O) groups is 1. The van der Waals surface area contributed by atoms with Gasteiger partial charge >= 0.3 is 0 Å². The maximum absolute atomic E-state index is 13.4. The number of allylic oxidation sites excluding steroid dienone is 9. The molecule has 2 rings (SSSR count). The van der Waals surface area contributed by atoms with Crippen LogP contribution in [0, 0.1) is 0 Å². The number of unbranched alkanes of at least 4 members (excludes halogenated alkanes) is 54. The lowest BCUT2D eigenvalue weighted by Gasteiger charge is -2.46. The largest absolute Gasteiger partial charge is 0.394 e. The van der Waals surface area contributed by atoms with Crippen LogP contribution in [-0.2, 0) is 23.7 Å². The highest BCUT2D eigenvalue weighted by Crippen LogP contribution is 2.31. The fraction of sp³-hybridized carbons (Fsp3) is 0.876. The van der Waals surface area contributed by atoms with E-state index < -0.39 is 86.8 Å². The smallest absolute Gasteiger partial charge is 0.220 e. The molecule has 0 saturated carbocycles. The fourth-order valence-corrected chi connectivity index (χ4v) is 14.6. The Balaban J connectivity index is 1.56. The van der Waals surface area contributed by atoms with Gasteiger partial charge in [0.1, 0.15) is 48.8 Å². The molecule has 14 nitrogen and oxygen atoms in total. The van der Waals surface area contributed by atoms with E-state index in [0.29, 0.717) is 6.42 Å². The summed E-state index contributed by atoms with van der Waals surface area (Å²) in [6, 6.07) is -0.916. The minimum absolute atomic E-state index is 0.230. The van der Waals surface area contributed by atoms with Crippen LogP contribution in [0.4, 0.5) is 0 Å². The van der Waals surface area contributed by atoms with Crippen molar-refractivity contribution in [3.63, 3.8) is 0 Å². The summed E-state index contributed by atoms with van der Waals surface area (Å²) in [6.45, 7) is 2.76. The number of ether oxygens (including phenoxy) is 4. The van der Waals surface area contributed by atoms with E-state index in [9.17, 15) is 45.6 Å². The maximum atomic E-state index is 13.4. The molecule has 0 aliphatic carbocycles. The van der Waals surface area contributed by atoms with Crippen LogP contribution in [0.1, 0.15) is 406 Å². The van der Waals surface area contributed by atoms with Crippen LogP contribution in [0.15, 0.2) is 60.8 Å². The van der Waals surface area contributed by atoms with Gasteiger partial charge in [-0.1, -0.05) is 402 Å². The van der Waals surface area contributed by atoms with Crippen molar-refractivity contribution >= 4 is 5.91 Å². The summed E-state index contributed by atoms with van der Waals surface area (Å²) in [6.07, 6.45) is 83.3. The molecule has 12 atom stereocenters. The van der Waals surface area contributed by atoms with Crippen LogP contribution in [0.3, 0.4) is 0 Å². The lowest BCUT2D eigenvalue weighted by atomic mass is 9.97. The molecule has 2 aliphatic rings. The molecule has 0 bridgehead atoms. The first-order valence-corrected chi connectivity index (χ1v) is 44.0. The molecule has 604 valence electrons. The van der Waals surface area contributed by atoms with E-state index in [1.54, 1.807) is 6.08 Å². The third kappa shape index (κ3) is 54.9. The van der Waals surface area contributed by atoms with E-state index in [2.05, 4.69) is 67.8 Å². The average Bonchev–Trinajstić information content (AvgIpc) is 0.791. The molecule has 2 fully saturated rings. The van der Waals surface area contributed by atoms with Crippen molar-refractivity contribution in [2.45, 2.75) is 479 Å². The molecule has 9 N–H and O–H groups in total. The van der Waals surface area contributed by atoms with Gasteiger partial charge in [0.15, 0.2) is 12.6 Å². The second-order valence-corrected chi connectivity index (χ2v) is 31.0. The quantitative estimate of drug-likeness (QED) is 0.0204. The molecule has 103 heavy (non-hydrogen) atoms. The zero-order valence-electron chi connectivity index (χ0n) is 66.6. The van der Waals surface area contributed by atoms with Crippen LogP contribution in [0.5, 0.6) is 0 Å². The van der Waals surface area contributed by atoms with E-state index in [-0.39, 0.29) is 18.9 Å². The lowest BCUT2D eigenvalue weighted by Crippen LogP contribution is -2.65. The number of aliphatic hydroxyl groups is 8. The Kier molecular flexibility index (Phi) is 68.2. The summed E-state index contributed by atoms with van der Waals surface area (Å²) in [5.41, 5.74) is 0. The van der Waals surface area contributed by atoms with Gasteiger partial charge in [-0.05, 0) is 57.8 Å². The molecule has 2 aliphatic heterocycles. The van der Waals surface area contributed by atoms with Gasteiger partial charge < -0.3 is 65.1 Å². The van der Waals surface area contributed by atoms with Crippen molar-refractivity contribution in [2.24, 2.45) is 0 Å². The van der Waals surface area contributed by atoms with E-state index in [0.717, 1.165) is 64.2 Å². The van der Waals surface area contributed by atoms with Crippen molar-refractivity contribution in [3.05, 3.63) is 60.8 Å². The molecular formula is C89H165NO13. The zero-order chi connectivity index (χ0) is 74.4. The standard InChI is InChI=1S/C89H165NO13/c1-3-5-7-9-11-13-15-17-19-21-23-25-27-29-31-33-35-36-37-38-39-40-41-42-43-45-47-49-51-53-55-57-59-61-63-65-67-69-71-73-81(94)90-77(76-100-88-86(99)84(97)87(80(75-92)102-88)103-89-85(98)83(96)82(95)79(74-91)101-89)78(93)72-70-68-66-64-62-60-58-56-54-52-50-48-46-44-34-32-30-28-26-24-22-20-18-16-14-12-10-8-6-4-2/h5,7,11,13,17,19,23,25,70,72,77-80,82-89,91-93,95-99H,3-4,6,8-10,12,14-16,18,20-22,24,26-69,71,73-76H2,1-2H3,(H,90,94)/b7-5-,13-11-,19-17-,25-23-,72-70+. The highest BCUT2D eigenvalue weighted by Gasteiger charge is 2.51. The molecule has 0 spiro atoms. The zero-order valence-corrected chi connectivity index (χ0v) is 66.6. The van der Waals surface area contributed by atoms with E-state index in [1.165, 1.54) is 315 Å². The van der Waals surface area contributed by atoms with Crippen LogP contribution in [0.2, 0.25) is 0 Å². The van der Waals surface area contributed by atoms with Gasteiger partial charge in [0.05, 0.1) is 32.0 Å². The minimum atomic E-state index is -1.79. The van der Waals surface area contributed by atoms with Gasteiger partial charge in [0.25, 0.3) is 0 Å². The Bertz CT molecular complexity index is 1960. The average molecular weight is 1460 g/mol. The predicted molar refractivity (Wildman–Crippen MR) is 429 cm³/mol. The van der Waals surface area contributed by atoms with Crippen molar-refractivity contribution in [1.82, 2.24) is 5.32 Å². The van der Waals surface area contributed by atoms with Crippen LogP contribution >= 0.6 is 0 Å². The summed E-state index contributed by atoms with van der Waals surface area (Å²) in [5.74, 6) is -0.230. The molecule has 0 aromatic carbocycles. The van der Waals surface area contributed by atoms with E-state index in [4.69, 9.17) is 18.9 Å². The van der Waals surface area contributed by atoms with Crippen molar-refractivity contribution in [3.8, 4) is 0 Å². The van der Waals surface area contributed by atoms with E-state index in [1.807, 2.05) is 6.08 Å². The number of nitrogens with one attached hydrogen (secondary N) is 1. The number of hydrogen-bond donors (Lipinski definition) is 9. The number of hydrogen-bond acceptors (Lipinski definition) is 13. The van der Waals surface area contributed by atoms with Crippen LogP contribution < -0.4 is 5.32 Å². The Morgan fingerprint density at radius 3 is 1.03 bits per heavy atom. The van der Waals surface area contributed by atoms with Gasteiger partial charge in [0, 0.05) is 6.42 Å². The van der Waals surface area contributed by atoms with Gasteiger partial charge in [-0.2, -0.15) is 0 Å². The van der Waals surface area contributed by atoms with Gasteiger partial charge in [-0.25, -0.2) is 0 Å². The van der Waals surface area contributed by atoms with Gasteiger partial charge in [-0.3, -0.25) is 4.79 Å². The summed E-state index contributed by atoms with van der Waals surface area (Å²) in [5, 5.41) is 87.8. The molecule has 14 heteroatoms. The highest BCUT2D eigenvalue weighted by atomic mass is 16.7. The normalized spacial score (nSPS) is 21.8. The Hall–Kier alpha value is -2.31. The van der Waals surface area contributed by atoms with Crippen LogP contribution in [-0.4, -0.2) is 140 Å². The highest BCUT2D eigenvalue weighted by molar-refractivity contribution is 5.76. The monoisotopic (exact) mass is 1460 g/mol. The minimum Gasteiger partial charge on any atom is -0.394 e. The summed E-state index contributed by atoms with van der Waals surface area (Å²) >= 11 is 0. The topological polar surface area (TPSA) is 228 Å². The van der Waals surface area contributed by atoms with Gasteiger partial charge in [-0.15, -0.1) is 0 Å². The predicted octanol–water partition coefficient (Wildman–Crippen LogP) is 21.1. The SMILES string of the molecule is CC/C=C\C/C=C\C/C=C\C/C=C\CCCCCCCCCCCCCCCCCCCCCCCCCCCCC(=O)NC(COC1OC(CO)C(OC2OC(CO)C(O)C(O)C2O)C(O)C1O)C(O)/C=C/CCCCCCCCCCCCCCCCCCCCCCCCCCCCCC. The first-order chi connectivity index (χ1) is 50.6. The summed E-state index contributed by atoms with van der Waals surface area (Å²) < 4.78 is 23.0. The first kappa shape index (κ1) is 96.8. The van der Waals surface area contributed by atoms with Crippen molar-refractivity contribution in [2.75, 3.05) is 19.8 Å². The molecule has 12 unspecified atom stereocenters. The fourth-order valence-electron chi connectivity index (χ4n) is 14.6. The molecule has 2 heterocycles. The molecule has 0 radical (unpaired) electrons. The first-order valence-electron chi connectivity index (χ1n) is 44.0.